The van der Waals surface area contributed by atoms with E-state index in [1.807, 2.05) is 0 Å². The van der Waals surface area contributed by atoms with Gasteiger partial charge < -0.3 is 5.32 Å². The van der Waals surface area contributed by atoms with Crippen molar-refractivity contribution in [1.82, 2.24) is 14.9 Å². The molecule has 0 fully saturated rings. The number of rotatable bonds is 4. The molecule has 0 aliphatic heterocycles. The number of carbonyl (C=O) groups excluding carboxylic acids is 1. The van der Waals surface area contributed by atoms with Crippen LogP contribution >= 0.6 is 11.6 Å². The topological polar surface area (TPSA) is 104 Å². The fourth-order valence-electron chi connectivity index (χ4n) is 2.13. The zero-order chi connectivity index (χ0) is 17.4. The first-order valence-corrected chi connectivity index (χ1v) is 9.17. The van der Waals surface area contributed by atoms with Crippen molar-refractivity contribution >= 4 is 44.3 Å². The van der Waals surface area contributed by atoms with Crippen LogP contribution in [0.3, 0.4) is 0 Å². The Labute approximate surface area is 139 Å². The van der Waals surface area contributed by atoms with E-state index in [0.29, 0.717) is 21.7 Å². The summed E-state index contributed by atoms with van der Waals surface area (Å²) in [4.78, 5) is 12.5. The predicted molar refractivity (Wildman–Crippen MR) is 91.0 cm³/mol. The van der Waals surface area contributed by atoms with Crippen LogP contribution in [0.1, 0.15) is 20.8 Å². The summed E-state index contributed by atoms with van der Waals surface area (Å²) in [6.07, 6.45) is 1.02. The number of amides is 1. The first-order chi connectivity index (χ1) is 10.5. The molecule has 0 saturated carbocycles. The van der Waals surface area contributed by atoms with Gasteiger partial charge in [0.1, 0.15) is 6.04 Å². The molecule has 1 heterocycles. The maximum absolute atomic E-state index is 12.5. The highest BCUT2D eigenvalue weighted by atomic mass is 35.5. The lowest BCUT2D eigenvalue weighted by Crippen LogP contribution is -2.51. The highest BCUT2D eigenvalue weighted by Crippen LogP contribution is 2.27. The van der Waals surface area contributed by atoms with Gasteiger partial charge in [-0.2, -0.15) is 5.10 Å². The molecule has 126 valence electrons. The average Bonchev–Trinajstić information content (AvgIpc) is 2.78. The molecule has 7 nitrogen and oxygen atoms in total. The molecule has 1 aromatic carbocycles. The van der Waals surface area contributed by atoms with Gasteiger partial charge in [0.25, 0.3) is 0 Å². The van der Waals surface area contributed by atoms with E-state index in [9.17, 15) is 13.2 Å². The van der Waals surface area contributed by atoms with Gasteiger partial charge in [0.05, 0.1) is 16.8 Å². The summed E-state index contributed by atoms with van der Waals surface area (Å²) in [6.45, 7) is 5.32. The molecule has 3 N–H and O–H groups in total. The van der Waals surface area contributed by atoms with Crippen LogP contribution < -0.4 is 10.0 Å². The smallest absolute Gasteiger partial charge is 0.244 e. The van der Waals surface area contributed by atoms with Crippen LogP contribution in [0.2, 0.25) is 5.02 Å². The molecule has 9 heteroatoms. The Morgan fingerprint density at radius 2 is 2.00 bits per heavy atom. The van der Waals surface area contributed by atoms with E-state index < -0.39 is 27.4 Å². The maximum Gasteiger partial charge on any atom is 0.244 e. The predicted octanol–water partition coefficient (Wildman–Crippen LogP) is 2.12. The fraction of sp³-hybridized carbons (Fsp3) is 0.429. The van der Waals surface area contributed by atoms with Gasteiger partial charge in [-0.25, -0.2) is 13.1 Å². The average molecular weight is 359 g/mol. The first kappa shape index (κ1) is 17.7. The minimum absolute atomic E-state index is 0.303. The van der Waals surface area contributed by atoms with Crippen molar-refractivity contribution in [3.8, 4) is 0 Å². The second-order valence-corrected chi connectivity index (χ2v) is 8.60. The van der Waals surface area contributed by atoms with Crippen molar-refractivity contribution in [2.45, 2.75) is 26.8 Å². The number of hydrogen-bond acceptors (Lipinski definition) is 4. The third-order valence-corrected chi connectivity index (χ3v) is 4.23. The van der Waals surface area contributed by atoms with Gasteiger partial charge in [-0.05, 0) is 17.5 Å². The number of aromatic nitrogens is 2. The number of carbonyl (C=O) groups is 1. The van der Waals surface area contributed by atoms with E-state index in [1.54, 1.807) is 39.0 Å². The largest absolute Gasteiger partial charge is 0.307 e. The number of nitrogens with zero attached hydrogens (tertiary/aromatic N) is 1. The zero-order valence-corrected chi connectivity index (χ0v) is 14.8. The third kappa shape index (κ3) is 4.21. The number of aromatic amines is 1. The van der Waals surface area contributed by atoms with Gasteiger partial charge in [-0.1, -0.05) is 38.4 Å². The van der Waals surface area contributed by atoms with Gasteiger partial charge in [0.15, 0.2) is 5.82 Å². The molecule has 23 heavy (non-hydrogen) atoms. The number of nitrogens with one attached hydrogen (secondary N) is 3. The highest BCUT2D eigenvalue weighted by molar-refractivity contribution is 7.88. The molecule has 1 unspecified atom stereocenters. The Hall–Kier alpha value is -1.64. The Morgan fingerprint density at radius 1 is 1.35 bits per heavy atom. The fourth-order valence-corrected chi connectivity index (χ4v) is 3.23. The number of halogens is 1. The molecule has 1 aromatic heterocycles. The molecule has 2 rings (SSSR count). The number of H-pyrrole nitrogens is 1. The number of fused-ring (bicyclic) bond motifs is 1. The second kappa shape index (κ2) is 6.10. The lowest BCUT2D eigenvalue weighted by molar-refractivity contribution is -0.119. The number of sulfonamides is 1. The Morgan fingerprint density at radius 3 is 2.57 bits per heavy atom. The van der Waals surface area contributed by atoms with Crippen LogP contribution in [0.5, 0.6) is 0 Å². The Balaban J connectivity index is 2.32. The summed E-state index contributed by atoms with van der Waals surface area (Å²) in [5, 5.41) is 10.6. The summed E-state index contributed by atoms with van der Waals surface area (Å²) >= 11 is 6.05. The first-order valence-electron chi connectivity index (χ1n) is 6.90. The molecular weight excluding hydrogens is 340 g/mol. The van der Waals surface area contributed by atoms with Crippen LogP contribution in [-0.4, -0.2) is 36.8 Å². The van der Waals surface area contributed by atoms with Crippen molar-refractivity contribution in [2.24, 2.45) is 5.41 Å². The molecule has 0 radical (unpaired) electrons. The van der Waals surface area contributed by atoms with Gasteiger partial charge >= 0.3 is 0 Å². The van der Waals surface area contributed by atoms with Crippen LogP contribution in [-0.2, 0) is 14.8 Å². The molecule has 2 aromatic rings. The van der Waals surface area contributed by atoms with Gasteiger partial charge in [-0.3, -0.25) is 9.89 Å². The monoisotopic (exact) mass is 358 g/mol. The van der Waals surface area contributed by atoms with Crippen molar-refractivity contribution in [1.29, 1.82) is 0 Å². The molecule has 0 spiro atoms. The number of benzene rings is 1. The van der Waals surface area contributed by atoms with E-state index in [1.165, 1.54) is 0 Å². The van der Waals surface area contributed by atoms with Crippen molar-refractivity contribution in [3.05, 3.63) is 23.2 Å². The standard InChI is InChI=1S/C14H19ClN4O3S/c1-14(2,3)11(19-23(4,21)22)13(20)16-12-8-6-5-7-9(15)10(8)17-18-12/h5-7,11,19H,1-4H3,(H2,16,17,18,20). The van der Waals surface area contributed by atoms with E-state index in [4.69, 9.17) is 11.6 Å². The molecule has 0 bridgehead atoms. The van der Waals surface area contributed by atoms with E-state index >= 15 is 0 Å². The number of anilines is 1. The zero-order valence-electron chi connectivity index (χ0n) is 13.3. The summed E-state index contributed by atoms with van der Waals surface area (Å²) in [5.74, 6) is -0.187. The summed E-state index contributed by atoms with van der Waals surface area (Å²) in [5.41, 5.74) is -0.00968. The quantitative estimate of drug-likeness (QED) is 0.778. The maximum atomic E-state index is 12.5. The lowest BCUT2D eigenvalue weighted by Gasteiger charge is -2.29. The normalized spacial score (nSPS) is 14.0. The molecule has 1 amide bonds. The van der Waals surface area contributed by atoms with E-state index in [-0.39, 0.29) is 0 Å². The highest BCUT2D eigenvalue weighted by Gasteiger charge is 2.34. The Kier molecular flexibility index (Phi) is 4.70. The molecule has 0 saturated heterocycles. The third-order valence-electron chi connectivity index (χ3n) is 3.25. The minimum Gasteiger partial charge on any atom is -0.307 e. The minimum atomic E-state index is -3.54. The SMILES string of the molecule is CC(C)(C)C(NS(C)(=O)=O)C(=O)Nc1n[nH]c2c(Cl)cccc12. The van der Waals surface area contributed by atoms with Crippen LogP contribution in [0.4, 0.5) is 5.82 Å². The molecule has 0 aliphatic rings. The van der Waals surface area contributed by atoms with E-state index in [0.717, 1.165) is 6.26 Å². The van der Waals surface area contributed by atoms with Crippen LogP contribution in [0.15, 0.2) is 18.2 Å². The molecule has 1 atom stereocenters. The van der Waals surface area contributed by atoms with Crippen molar-refractivity contribution in [2.75, 3.05) is 11.6 Å². The van der Waals surface area contributed by atoms with Gasteiger partial charge in [0.2, 0.25) is 15.9 Å². The van der Waals surface area contributed by atoms with Crippen molar-refractivity contribution < 1.29 is 13.2 Å². The molecular formula is C14H19ClN4O3S. The summed E-state index contributed by atoms with van der Waals surface area (Å²) in [6, 6.07) is 4.27. The Bertz CT molecular complexity index is 839. The second-order valence-electron chi connectivity index (χ2n) is 6.41. The van der Waals surface area contributed by atoms with Gasteiger partial charge in [-0.15, -0.1) is 0 Å². The van der Waals surface area contributed by atoms with E-state index in [2.05, 4.69) is 20.2 Å². The van der Waals surface area contributed by atoms with Gasteiger partial charge in [0, 0.05) is 5.39 Å². The summed E-state index contributed by atoms with van der Waals surface area (Å²) in [7, 11) is -3.54. The molecule has 0 aliphatic carbocycles. The number of hydrogen-bond donors (Lipinski definition) is 3. The number of para-hydroxylation sites is 1. The lowest BCUT2D eigenvalue weighted by atomic mass is 9.87. The summed E-state index contributed by atoms with van der Waals surface area (Å²) < 4.78 is 25.4. The van der Waals surface area contributed by atoms with Crippen LogP contribution in [0.25, 0.3) is 10.9 Å². The van der Waals surface area contributed by atoms with Crippen molar-refractivity contribution in [3.63, 3.8) is 0 Å². The van der Waals surface area contributed by atoms with Crippen LogP contribution in [0, 0.1) is 5.41 Å².